The summed E-state index contributed by atoms with van der Waals surface area (Å²) in [6, 6.07) is 0. The molecule has 1 N–H and O–H groups in total. The molecule has 0 atom stereocenters. The van der Waals surface area contributed by atoms with Crippen molar-refractivity contribution < 1.29 is 9.84 Å². The lowest BCUT2D eigenvalue weighted by atomic mass is 10.0. The average molecular weight is 245 g/mol. The lowest BCUT2D eigenvalue weighted by molar-refractivity contribution is 0.368. The highest BCUT2D eigenvalue weighted by molar-refractivity contribution is 9.10. The number of hydrogen-bond acceptors (Lipinski definition) is 2. The Morgan fingerprint density at radius 3 is 2.08 bits per heavy atom. The first kappa shape index (κ1) is 10.4. The van der Waals surface area contributed by atoms with Crippen molar-refractivity contribution in [2.24, 2.45) is 0 Å². The van der Waals surface area contributed by atoms with Gasteiger partial charge in [-0.2, -0.15) is 0 Å². The lowest BCUT2D eigenvalue weighted by Gasteiger charge is -2.14. The van der Waals surface area contributed by atoms with E-state index in [1.165, 1.54) is 0 Å². The van der Waals surface area contributed by atoms with Crippen LogP contribution in [0, 0.1) is 20.8 Å². The first-order chi connectivity index (χ1) is 6.00. The summed E-state index contributed by atoms with van der Waals surface area (Å²) in [5.41, 5.74) is 2.89. The average Bonchev–Trinajstić information content (AvgIpc) is 2.13. The fourth-order valence-electron chi connectivity index (χ4n) is 1.32. The summed E-state index contributed by atoms with van der Waals surface area (Å²) in [6.07, 6.45) is 0. The summed E-state index contributed by atoms with van der Waals surface area (Å²) in [7, 11) is 1.56. The SMILES string of the molecule is COc1c(C)c(C)c(Br)c(C)c1O. The fraction of sp³-hybridized carbons (Fsp3) is 0.400. The van der Waals surface area contributed by atoms with E-state index < -0.39 is 0 Å². The maximum absolute atomic E-state index is 9.73. The summed E-state index contributed by atoms with van der Waals surface area (Å²) >= 11 is 3.43. The van der Waals surface area contributed by atoms with Gasteiger partial charge in [0.1, 0.15) is 0 Å². The standard InChI is InChI=1S/C10H13BrO2/c1-5-6(2)10(13-4)9(12)7(3)8(5)11/h12H,1-4H3. The van der Waals surface area contributed by atoms with Crippen molar-refractivity contribution in [3.05, 3.63) is 21.2 Å². The van der Waals surface area contributed by atoms with Gasteiger partial charge in [0.2, 0.25) is 0 Å². The van der Waals surface area contributed by atoms with Crippen LogP contribution in [0.1, 0.15) is 16.7 Å². The second kappa shape index (κ2) is 3.58. The van der Waals surface area contributed by atoms with Crippen molar-refractivity contribution in [1.29, 1.82) is 0 Å². The third kappa shape index (κ3) is 1.53. The van der Waals surface area contributed by atoms with Crippen molar-refractivity contribution in [2.45, 2.75) is 20.8 Å². The van der Waals surface area contributed by atoms with E-state index in [1.807, 2.05) is 20.8 Å². The lowest BCUT2D eigenvalue weighted by Crippen LogP contribution is -1.94. The van der Waals surface area contributed by atoms with Gasteiger partial charge in [0.05, 0.1) is 7.11 Å². The third-order valence-electron chi connectivity index (χ3n) is 2.34. The Labute approximate surface area is 86.7 Å². The topological polar surface area (TPSA) is 29.5 Å². The molecular formula is C10H13BrO2. The van der Waals surface area contributed by atoms with E-state index in [4.69, 9.17) is 4.74 Å². The number of benzene rings is 1. The molecule has 3 heteroatoms. The van der Waals surface area contributed by atoms with E-state index in [9.17, 15) is 5.11 Å². The van der Waals surface area contributed by atoms with Crippen LogP contribution in [0.4, 0.5) is 0 Å². The van der Waals surface area contributed by atoms with Gasteiger partial charge in [-0.15, -0.1) is 0 Å². The molecule has 0 aliphatic heterocycles. The Morgan fingerprint density at radius 2 is 1.62 bits per heavy atom. The zero-order valence-electron chi connectivity index (χ0n) is 8.23. The minimum Gasteiger partial charge on any atom is -0.504 e. The number of methoxy groups -OCH3 is 1. The molecule has 0 aliphatic carbocycles. The molecule has 0 unspecified atom stereocenters. The predicted octanol–water partition coefficient (Wildman–Crippen LogP) is 3.09. The van der Waals surface area contributed by atoms with E-state index in [1.54, 1.807) is 7.11 Å². The van der Waals surface area contributed by atoms with Crippen LogP contribution in [0.15, 0.2) is 4.47 Å². The summed E-state index contributed by atoms with van der Waals surface area (Å²) in [4.78, 5) is 0. The number of phenols is 1. The van der Waals surface area contributed by atoms with Crippen LogP contribution in [-0.2, 0) is 0 Å². The second-order valence-electron chi connectivity index (χ2n) is 3.07. The fourth-order valence-corrected chi connectivity index (χ4v) is 1.80. The second-order valence-corrected chi connectivity index (χ2v) is 3.86. The maximum Gasteiger partial charge on any atom is 0.164 e. The molecule has 0 saturated carbocycles. The van der Waals surface area contributed by atoms with Crippen molar-refractivity contribution in [3.63, 3.8) is 0 Å². The predicted molar refractivity (Wildman–Crippen MR) is 56.6 cm³/mol. The molecule has 0 amide bonds. The molecule has 0 bridgehead atoms. The Kier molecular flexibility index (Phi) is 2.86. The molecule has 1 aromatic carbocycles. The zero-order chi connectivity index (χ0) is 10.2. The van der Waals surface area contributed by atoms with Crippen molar-refractivity contribution >= 4 is 15.9 Å². The highest BCUT2D eigenvalue weighted by atomic mass is 79.9. The monoisotopic (exact) mass is 244 g/mol. The molecule has 0 aliphatic rings. The Bertz CT molecular complexity index is 316. The molecular weight excluding hydrogens is 232 g/mol. The van der Waals surface area contributed by atoms with E-state index >= 15 is 0 Å². The van der Waals surface area contributed by atoms with Crippen molar-refractivity contribution in [2.75, 3.05) is 7.11 Å². The van der Waals surface area contributed by atoms with E-state index in [2.05, 4.69) is 15.9 Å². The molecule has 0 radical (unpaired) electrons. The van der Waals surface area contributed by atoms with Gasteiger partial charge in [-0.1, -0.05) is 15.9 Å². The normalized spacial score (nSPS) is 10.2. The van der Waals surface area contributed by atoms with E-state index in [0.717, 1.165) is 21.2 Å². The molecule has 1 rings (SSSR count). The molecule has 1 aromatic rings. The van der Waals surface area contributed by atoms with Crippen molar-refractivity contribution in [1.82, 2.24) is 0 Å². The smallest absolute Gasteiger partial charge is 0.164 e. The number of phenolic OH excluding ortho intramolecular Hbond substituents is 1. The Balaban J connectivity index is 3.56. The number of hydrogen-bond donors (Lipinski definition) is 1. The van der Waals surface area contributed by atoms with Crippen LogP contribution in [0.2, 0.25) is 0 Å². The quantitative estimate of drug-likeness (QED) is 0.823. The molecule has 0 heterocycles. The van der Waals surface area contributed by atoms with Crippen LogP contribution in [0.3, 0.4) is 0 Å². The molecule has 0 aromatic heterocycles. The van der Waals surface area contributed by atoms with Gasteiger partial charge >= 0.3 is 0 Å². The first-order valence-corrected chi connectivity index (χ1v) is 4.82. The molecule has 72 valence electrons. The van der Waals surface area contributed by atoms with Gasteiger partial charge in [0, 0.05) is 10.0 Å². The van der Waals surface area contributed by atoms with E-state index in [0.29, 0.717) is 5.75 Å². The molecule has 0 fully saturated rings. The van der Waals surface area contributed by atoms with Gasteiger partial charge in [0.25, 0.3) is 0 Å². The van der Waals surface area contributed by atoms with Gasteiger partial charge in [0.15, 0.2) is 11.5 Å². The molecule has 0 spiro atoms. The van der Waals surface area contributed by atoms with Crippen LogP contribution in [-0.4, -0.2) is 12.2 Å². The van der Waals surface area contributed by atoms with Gasteiger partial charge in [-0.25, -0.2) is 0 Å². The minimum atomic E-state index is 0.220. The highest BCUT2D eigenvalue weighted by Crippen LogP contribution is 2.40. The van der Waals surface area contributed by atoms with E-state index in [-0.39, 0.29) is 5.75 Å². The van der Waals surface area contributed by atoms with Crippen LogP contribution < -0.4 is 4.74 Å². The summed E-state index contributed by atoms with van der Waals surface area (Å²) in [5, 5.41) is 9.73. The van der Waals surface area contributed by atoms with Gasteiger partial charge < -0.3 is 9.84 Å². The highest BCUT2D eigenvalue weighted by Gasteiger charge is 2.15. The number of aromatic hydroxyl groups is 1. The minimum absolute atomic E-state index is 0.220. The first-order valence-electron chi connectivity index (χ1n) is 4.02. The van der Waals surface area contributed by atoms with Gasteiger partial charge in [-0.05, 0) is 31.9 Å². The number of ether oxygens (including phenoxy) is 1. The molecule has 0 saturated heterocycles. The summed E-state index contributed by atoms with van der Waals surface area (Å²) < 4.78 is 6.07. The zero-order valence-corrected chi connectivity index (χ0v) is 9.82. The van der Waals surface area contributed by atoms with Crippen molar-refractivity contribution in [3.8, 4) is 11.5 Å². The Morgan fingerprint density at radius 1 is 1.08 bits per heavy atom. The number of rotatable bonds is 1. The van der Waals surface area contributed by atoms with Crippen LogP contribution in [0.5, 0.6) is 11.5 Å². The summed E-state index contributed by atoms with van der Waals surface area (Å²) in [6.45, 7) is 5.78. The largest absolute Gasteiger partial charge is 0.504 e. The maximum atomic E-state index is 9.73. The van der Waals surface area contributed by atoms with Crippen LogP contribution >= 0.6 is 15.9 Å². The van der Waals surface area contributed by atoms with Gasteiger partial charge in [-0.3, -0.25) is 0 Å². The number of halogens is 1. The molecule has 2 nitrogen and oxygen atoms in total. The third-order valence-corrected chi connectivity index (χ3v) is 3.53. The van der Waals surface area contributed by atoms with Crippen LogP contribution in [0.25, 0.3) is 0 Å². The Hall–Kier alpha value is -0.700. The summed E-state index contributed by atoms with van der Waals surface area (Å²) in [5.74, 6) is 0.788. The molecule has 13 heavy (non-hydrogen) atoms.